The van der Waals surface area contributed by atoms with Gasteiger partial charge in [-0.15, -0.1) is 0 Å². The molecular formula is C11H7BrO3. The number of esters is 2. The van der Waals surface area contributed by atoms with E-state index in [-0.39, 0.29) is 6.42 Å². The summed E-state index contributed by atoms with van der Waals surface area (Å²) in [7, 11) is 0. The van der Waals surface area contributed by atoms with Gasteiger partial charge in [0.2, 0.25) is 0 Å². The van der Waals surface area contributed by atoms with Gasteiger partial charge in [-0.1, -0.05) is 34.1 Å². The van der Waals surface area contributed by atoms with Crippen molar-refractivity contribution in [2.45, 2.75) is 6.42 Å². The lowest BCUT2D eigenvalue weighted by atomic mass is 10.1. The fraction of sp³-hybridized carbons (Fsp3) is 0.0909. The van der Waals surface area contributed by atoms with E-state index in [4.69, 9.17) is 0 Å². The van der Waals surface area contributed by atoms with E-state index < -0.39 is 11.9 Å². The van der Waals surface area contributed by atoms with E-state index in [0.717, 1.165) is 10.0 Å². The van der Waals surface area contributed by atoms with Crippen LogP contribution in [0.15, 0.2) is 34.3 Å². The maximum atomic E-state index is 11.2. The molecule has 1 saturated heterocycles. The van der Waals surface area contributed by atoms with Gasteiger partial charge in [0, 0.05) is 10.0 Å². The van der Waals surface area contributed by atoms with Crippen molar-refractivity contribution >= 4 is 33.9 Å². The first-order valence-electron chi connectivity index (χ1n) is 4.37. The summed E-state index contributed by atoms with van der Waals surface area (Å²) in [5.41, 5.74) is 1.26. The molecule has 1 aromatic rings. The summed E-state index contributed by atoms with van der Waals surface area (Å²) < 4.78 is 5.30. The molecule has 0 N–H and O–H groups in total. The van der Waals surface area contributed by atoms with E-state index in [0.29, 0.717) is 5.57 Å². The molecule has 15 heavy (non-hydrogen) atoms. The Morgan fingerprint density at radius 3 is 2.60 bits per heavy atom. The summed E-state index contributed by atoms with van der Waals surface area (Å²) in [6, 6.07) is 7.46. The Morgan fingerprint density at radius 2 is 2.00 bits per heavy atom. The van der Waals surface area contributed by atoms with Gasteiger partial charge in [0.1, 0.15) is 0 Å². The van der Waals surface area contributed by atoms with E-state index in [1.54, 1.807) is 6.08 Å². The molecular weight excluding hydrogens is 260 g/mol. The van der Waals surface area contributed by atoms with Crippen molar-refractivity contribution in [2.24, 2.45) is 0 Å². The molecule has 0 saturated carbocycles. The molecule has 4 heteroatoms. The Labute approximate surface area is 94.9 Å². The zero-order chi connectivity index (χ0) is 10.8. The van der Waals surface area contributed by atoms with Crippen LogP contribution in [0.25, 0.3) is 6.08 Å². The van der Waals surface area contributed by atoms with Crippen molar-refractivity contribution in [1.82, 2.24) is 0 Å². The lowest BCUT2D eigenvalue weighted by molar-refractivity contribution is -0.151. The summed E-state index contributed by atoms with van der Waals surface area (Å²) in [6.07, 6.45) is 1.72. The minimum Gasteiger partial charge on any atom is -0.389 e. The van der Waals surface area contributed by atoms with E-state index in [2.05, 4.69) is 20.7 Å². The van der Waals surface area contributed by atoms with Crippen LogP contribution in [0.4, 0.5) is 0 Å². The van der Waals surface area contributed by atoms with Gasteiger partial charge in [-0.3, -0.25) is 4.79 Å². The second kappa shape index (κ2) is 3.98. The normalized spacial score (nSPS) is 18.3. The highest BCUT2D eigenvalue weighted by Crippen LogP contribution is 2.23. The molecule has 0 amide bonds. The van der Waals surface area contributed by atoms with Crippen molar-refractivity contribution in [3.05, 3.63) is 39.9 Å². The largest absolute Gasteiger partial charge is 0.389 e. The quantitative estimate of drug-likeness (QED) is 0.445. The third kappa shape index (κ3) is 2.15. The van der Waals surface area contributed by atoms with Crippen LogP contribution < -0.4 is 0 Å². The van der Waals surface area contributed by atoms with Crippen LogP contribution in [-0.4, -0.2) is 11.9 Å². The van der Waals surface area contributed by atoms with E-state index >= 15 is 0 Å². The topological polar surface area (TPSA) is 43.4 Å². The Morgan fingerprint density at radius 1 is 1.27 bits per heavy atom. The molecule has 3 nitrogen and oxygen atoms in total. The fourth-order valence-corrected chi connectivity index (χ4v) is 1.72. The van der Waals surface area contributed by atoms with Gasteiger partial charge in [-0.25, -0.2) is 4.79 Å². The fourth-order valence-electron chi connectivity index (χ4n) is 1.32. The van der Waals surface area contributed by atoms with Gasteiger partial charge in [-0.05, 0) is 17.7 Å². The minimum atomic E-state index is -0.546. The first-order chi connectivity index (χ1) is 7.16. The van der Waals surface area contributed by atoms with Crippen LogP contribution in [0.2, 0.25) is 0 Å². The number of hydrogen-bond donors (Lipinski definition) is 0. The highest BCUT2D eigenvalue weighted by molar-refractivity contribution is 9.10. The summed E-state index contributed by atoms with van der Waals surface area (Å²) in [4.78, 5) is 22.0. The molecule has 0 radical (unpaired) electrons. The number of halogens is 1. The van der Waals surface area contributed by atoms with Crippen molar-refractivity contribution in [3.8, 4) is 0 Å². The molecule has 1 aromatic carbocycles. The number of ether oxygens (including phenoxy) is 1. The van der Waals surface area contributed by atoms with Gasteiger partial charge in [0.05, 0.1) is 6.42 Å². The number of hydrogen-bond acceptors (Lipinski definition) is 3. The molecule has 0 atom stereocenters. The number of cyclic esters (lactones) is 2. The first kappa shape index (κ1) is 10.1. The Balaban J connectivity index is 2.35. The van der Waals surface area contributed by atoms with Gasteiger partial charge >= 0.3 is 11.9 Å². The highest BCUT2D eigenvalue weighted by Gasteiger charge is 2.26. The Bertz CT molecular complexity index is 463. The molecule has 0 aromatic heterocycles. The maximum absolute atomic E-state index is 11.2. The molecule has 0 unspecified atom stereocenters. The van der Waals surface area contributed by atoms with Crippen LogP contribution in [-0.2, 0) is 14.3 Å². The molecule has 1 heterocycles. The summed E-state index contributed by atoms with van der Waals surface area (Å²) in [6.45, 7) is 0. The molecule has 0 bridgehead atoms. The van der Waals surface area contributed by atoms with E-state index in [1.807, 2.05) is 24.3 Å². The van der Waals surface area contributed by atoms with Gasteiger partial charge < -0.3 is 4.74 Å². The summed E-state index contributed by atoms with van der Waals surface area (Å²) >= 11 is 3.36. The predicted octanol–water partition coefficient (Wildman–Crippen LogP) is 2.31. The Kier molecular flexibility index (Phi) is 2.68. The third-order valence-corrected chi connectivity index (χ3v) is 2.76. The highest BCUT2D eigenvalue weighted by atomic mass is 79.9. The van der Waals surface area contributed by atoms with Crippen LogP contribution >= 0.6 is 15.9 Å². The van der Waals surface area contributed by atoms with Crippen LogP contribution in [0.5, 0.6) is 0 Å². The Hall–Kier alpha value is -1.42. The zero-order valence-electron chi connectivity index (χ0n) is 7.70. The molecule has 1 aliphatic rings. The van der Waals surface area contributed by atoms with Gasteiger partial charge in [0.25, 0.3) is 0 Å². The van der Waals surface area contributed by atoms with Crippen molar-refractivity contribution in [3.63, 3.8) is 0 Å². The predicted molar refractivity (Wildman–Crippen MR) is 57.8 cm³/mol. The minimum absolute atomic E-state index is 0.0557. The molecule has 0 aliphatic carbocycles. The second-order valence-electron chi connectivity index (χ2n) is 3.13. The second-order valence-corrected chi connectivity index (χ2v) is 3.98. The van der Waals surface area contributed by atoms with Crippen LogP contribution in [0.1, 0.15) is 12.0 Å². The molecule has 2 rings (SSSR count). The maximum Gasteiger partial charge on any atom is 0.342 e. The lowest BCUT2D eigenvalue weighted by Crippen LogP contribution is -1.96. The summed E-state index contributed by atoms with van der Waals surface area (Å²) in [5.74, 6) is -1.03. The van der Waals surface area contributed by atoms with E-state index in [1.165, 1.54) is 0 Å². The molecule has 76 valence electrons. The van der Waals surface area contributed by atoms with Crippen LogP contribution in [0.3, 0.4) is 0 Å². The number of carbonyl (C=O) groups excluding carboxylic acids is 2. The smallest absolute Gasteiger partial charge is 0.342 e. The van der Waals surface area contributed by atoms with Gasteiger partial charge in [-0.2, -0.15) is 0 Å². The monoisotopic (exact) mass is 266 g/mol. The third-order valence-electron chi connectivity index (χ3n) is 2.04. The van der Waals surface area contributed by atoms with Crippen LogP contribution in [0, 0.1) is 0 Å². The lowest BCUT2D eigenvalue weighted by Gasteiger charge is -1.97. The standard InChI is InChI=1S/C11H7BrO3/c12-9-4-2-1-3-7(9)5-8-6-10(13)15-11(8)14/h1-5H,6H2/b8-5+. The van der Waals surface area contributed by atoms with Crippen molar-refractivity contribution in [1.29, 1.82) is 0 Å². The van der Waals surface area contributed by atoms with E-state index in [9.17, 15) is 9.59 Å². The molecule has 1 fully saturated rings. The molecule has 0 spiro atoms. The first-order valence-corrected chi connectivity index (χ1v) is 5.16. The SMILES string of the molecule is O=C1C/C(=C\c2ccccc2Br)C(=O)O1. The number of rotatable bonds is 1. The zero-order valence-corrected chi connectivity index (χ0v) is 9.28. The average molecular weight is 267 g/mol. The van der Waals surface area contributed by atoms with Gasteiger partial charge in [0.15, 0.2) is 0 Å². The van der Waals surface area contributed by atoms with Crippen molar-refractivity contribution in [2.75, 3.05) is 0 Å². The molecule has 1 aliphatic heterocycles. The summed E-state index contributed by atoms with van der Waals surface area (Å²) in [5, 5.41) is 0. The van der Waals surface area contributed by atoms with Crippen molar-refractivity contribution < 1.29 is 14.3 Å². The average Bonchev–Trinajstić information content (AvgIpc) is 2.49. The number of benzene rings is 1. The number of carbonyl (C=O) groups is 2.